The van der Waals surface area contributed by atoms with Gasteiger partial charge in [0, 0.05) is 31.1 Å². The molecule has 0 aliphatic carbocycles. The fraction of sp³-hybridized carbons (Fsp3) is 0.533. The SMILES string of the molecule is CCOCCOC(=O)Nc1cccc(N(CC)CC)c1. The molecular weight excluding hydrogens is 256 g/mol. The predicted octanol–water partition coefficient (Wildman–Crippen LogP) is 3.12. The van der Waals surface area contributed by atoms with E-state index in [1.165, 1.54) is 0 Å². The number of hydrogen-bond donors (Lipinski definition) is 1. The molecule has 0 aliphatic rings. The van der Waals surface area contributed by atoms with Crippen molar-refractivity contribution in [3.8, 4) is 0 Å². The van der Waals surface area contributed by atoms with Crippen LogP contribution in [0, 0.1) is 0 Å². The highest BCUT2D eigenvalue weighted by molar-refractivity contribution is 5.85. The van der Waals surface area contributed by atoms with Gasteiger partial charge in [-0.15, -0.1) is 0 Å². The van der Waals surface area contributed by atoms with Crippen molar-refractivity contribution >= 4 is 17.5 Å². The van der Waals surface area contributed by atoms with Crippen LogP contribution in [0.4, 0.5) is 16.2 Å². The Hall–Kier alpha value is -1.75. The topological polar surface area (TPSA) is 50.8 Å². The van der Waals surface area contributed by atoms with Crippen LogP contribution in [-0.4, -0.2) is 39.0 Å². The smallest absolute Gasteiger partial charge is 0.411 e. The van der Waals surface area contributed by atoms with Gasteiger partial charge in [0.25, 0.3) is 0 Å². The van der Waals surface area contributed by atoms with Gasteiger partial charge in [-0.1, -0.05) is 6.07 Å². The van der Waals surface area contributed by atoms with Crippen molar-refractivity contribution in [2.24, 2.45) is 0 Å². The van der Waals surface area contributed by atoms with Gasteiger partial charge in [-0.05, 0) is 39.0 Å². The number of hydrogen-bond acceptors (Lipinski definition) is 4. The Morgan fingerprint density at radius 1 is 1.20 bits per heavy atom. The third-order valence-corrected chi connectivity index (χ3v) is 2.89. The summed E-state index contributed by atoms with van der Waals surface area (Å²) in [5.74, 6) is 0. The third-order valence-electron chi connectivity index (χ3n) is 2.89. The lowest BCUT2D eigenvalue weighted by molar-refractivity contribution is 0.0850. The number of carbonyl (C=O) groups is 1. The van der Waals surface area contributed by atoms with Gasteiger partial charge in [0.05, 0.1) is 6.61 Å². The summed E-state index contributed by atoms with van der Waals surface area (Å²) in [5.41, 5.74) is 1.82. The fourth-order valence-electron chi connectivity index (χ4n) is 1.86. The first-order valence-corrected chi connectivity index (χ1v) is 7.07. The number of carbonyl (C=O) groups excluding carboxylic acids is 1. The van der Waals surface area contributed by atoms with E-state index in [0.717, 1.165) is 24.5 Å². The van der Waals surface area contributed by atoms with Crippen LogP contribution < -0.4 is 10.2 Å². The molecule has 1 amide bonds. The molecule has 5 heteroatoms. The molecule has 1 N–H and O–H groups in total. The Morgan fingerprint density at radius 3 is 2.60 bits per heavy atom. The highest BCUT2D eigenvalue weighted by Crippen LogP contribution is 2.19. The monoisotopic (exact) mass is 280 g/mol. The van der Waals surface area contributed by atoms with E-state index in [1.807, 2.05) is 31.2 Å². The molecule has 0 fully saturated rings. The molecule has 0 spiro atoms. The van der Waals surface area contributed by atoms with Crippen molar-refractivity contribution < 1.29 is 14.3 Å². The lowest BCUT2D eigenvalue weighted by Gasteiger charge is -2.21. The van der Waals surface area contributed by atoms with Crippen molar-refractivity contribution in [3.05, 3.63) is 24.3 Å². The van der Waals surface area contributed by atoms with Crippen LogP contribution in [0.5, 0.6) is 0 Å². The lowest BCUT2D eigenvalue weighted by atomic mass is 10.2. The van der Waals surface area contributed by atoms with Gasteiger partial charge in [-0.2, -0.15) is 0 Å². The van der Waals surface area contributed by atoms with Crippen LogP contribution in [0.25, 0.3) is 0 Å². The third kappa shape index (κ3) is 5.48. The van der Waals surface area contributed by atoms with E-state index in [-0.39, 0.29) is 6.61 Å². The van der Waals surface area contributed by atoms with Crippen LogP contribution >= 0.6 is 0 Å². The van der Waals surface area contributed by atoms with E-state index >= 15 is 0 Å². The molecular formula is C15H24N2O3. The molecule has 0 heterocycles. The second-order valence-electron chi connectivity index (χ2n) is 4.18. The molecule has 1 rings (SSSR count). The number of benzene rings is 1. The summed E-state index contributed by atoms with van der Waals surface area (Å²) in [6.07, 6.45) is -0.457. The minimum Gasteiger partial charge on any atom is -0.447 e. The number of nitrogens with zero attached hydrogens (tertiary/aromatic N) is 1. The Bertz CT molecular complexity index is 406. The highest BCUT2D eigenvalue weighted by Gasteiger charge is 2.06. The van der Waals surface area contributed by atoms with Crippen LogP contribution in [0.15, 0.2) is 24.3 Å². The zero-order valence-corrected chi connectivity index (χ0v) is 12.5. The number of anilines is 2. The standard InChI is InChI=1S/C15H24N2O3/c1-4-17(5-2)14-9-7-8-13(12-14)16-15(18)20-11-10-19-6-3/h7-9,12H,4-6,10-11H2,1-3H3,(H,16,18). The Morgan fingerprint density at radius 2 is 1.95 bits per heavy atom. The summed E-state index contributed by atoms with van der Waals surface area (Å²) in [6.45, 7) is 9.27. The Labute approximate surface area is 120 Å². The summed E-state index contributed by atoms with van der Waals surface area (Å²) in [5, 5.41) is 2.72. The summed E-state index contributed by atoms with van der Waals surface area (Å²) < 4.78 is 10.1. The van der Waals surface area contributed by atoms with Gasteiger partial charge in [-0.3, -0.25) is 5.32 Å². The minimum atomic E-state index is -0.457. The number of rotatable bonds is 8. The van der Waals surface area contributed by atoms with Gasteiger partial charge in [0.1, 0.15) is 6.61 Å². The van der Waals surface area contributed by atoms with Gasteiger partial charge in [-0.25, -0.2) is 4.79 Å². The van der Waals surface area contributed by atoms with E-state index in [9.17, 15) is 4.79 Å². The number of ether oxygens (including phenoxy) is 2. The van der Waals surface area contributed by atoms with Crippen molar-refractivity contribution in [2.45, 2.75) is 20.8 Å². The van der Waals surface area contributed by atoms with Crippen LogP contribution in [0.3, 0.4) is 0 Å². The minimum absolute atomic E-state index is 0.259. The Balaban J connectivity index is 2.51. The van der Waals surface area contributed by atoms with E-state index < -0.39 is 6.09 Å². The molecule has 1 aromatic rings. The largest absolute Gasteiger partial charge is 0.447 e. The van der Waals surface area contributed by atoms with Gasteiger partial charge in [0.15, 0.2) is 0 Å². The van der Waals surface area contributed by atoms with Gasteiger partial charge in [0.2, 0.25) is 0 Å². The second kappa shape index (κ2) is 9.20. The lowest BCUT2D eigenvalue weighted by Crippen LogP contribution is -2.22. The first kappa shape index (κ1) is 16.3. The van der Waals surface area contributed by atoms with Crippen LogP contribution in [0.2, 0.25) is 0 Å². The van der Waals surface area contributed by atoms with E-state index in [2.05, 4.69) is 24.1 Å². The predicted molar refractivity (Wildman–Crippen MR) is 81.5 cm³/mol. The quantitative estimate of drug-likeness (QED) is 0.743. The molecule has 0 aromatic heterocycles. The second-order valence-corrected chi connectivity index (χ2v) is 4.18. The fourth-order valence-corrected chi connectivity index (χ4v) is 1.86. The first-order valence-electron chi connectivity index (χ1n) is 7.07. The number of nitrogens with one attached hydrogen (secondary N) is 1. The average molecular weight is 280 g/mol. The number of amides is 1. The molecule has 0 atom stereocenters. The molecule has 5 nitrogen and oxygen atoms in total. The molecule has 0 unspecified atom stereocenters. The first-order chi connectivity index (χ1) is 9.71. The molecule has 0 saturated heterocycles. The molecule has 1 aromatic carbocycles. The maximum Gasteiger partial charge on any atom is 0.411 e. The highest BCUT2D eigenvalue weighted by atomic mass is 16.6. The van der Waals surface area contributed by atoms with Crippen molar-refractivity contribution in [3.63, 3.8) is 0 Å². The van der Waals surface area contributed by atoms with Gasteiger partial charge >= 0.3 is 6.09 Å². The van der Waals surface area contributed by atoms with Crippen molar-refractivity contribution in [1.29, 1.82) is 0 Å². The normalized spacial score (nSPS) is 10.2. The molecule has 0 saturated carbocycles. The molecule has 0 radical (unpaired) electrons. The van der Waals surface area contributed by atoms with Crippen LogP contribution in [-0.2, 0) is 9.47 Å². The zero-order valence-electron chi connectivity index (χ0n) is 12.5. The van der Waals surface area contributed by atoms with E-state index in [0.29, 0.717) is 13.2 Å². The average Bonchev–Trinajstić information content (AvgIpc) is 2.45. The molecule has 0 aliphatic heterocycles. The van der Waals surface area contributed by atoms with Crippen molar-refractivity contribution in [1.82, 2.24) is 0 Å². The maximum atomic E-state index is 11.6. The summed E-state index contributed by atoms with van der Waals surface area (Å²) >= 11 is 0. The summed E-state index contributed by atoms with van der Waals surface area (Å²) in [6, 6.07) is 7.73. The van der Waals surface area contributed by atoms with E-state index in [1.54, 1.807) is 0 Å². The molecule has 20 heavy (non-hydrogen) atoms. The van der Waals surface area contributed by atoms with Gasteiger partial charge < -0.3 is 14.4 Å². The van der Waals surface area contributed by atoms with Crippen LogP contribution in [0.1, 0.15) is 20.8 Å². The van der Waals surface area contributed by atoms with E-state index in [4.69, 9.17) is 9.47 Å². The van der Waals surface area contributed by atoms with Crippen molar-refractivity contribution in [2.75, 3.05) is 43.1 Å². The molecule has 0 bridgehead atoms. The summed E-state index contributed by atoms with van der Waals surface area (Å²) in [4.78, 5) is 13.8. The zero-order chi connectivity index (χ0) is 14.8. The molecule has 112 valence electrons. The maximum absolute atomic E-state index is 11.6. The summed E-state index contributed by atoms with van der Waals surface area (Å²) in [7, 11) is 0. The Kier molecular flexibility index (Phi) is 7.50.